The van der Waals surface area contributed by atoms with Gasteiger partial charge in [-0.2, -0.15) is 0 Å². The van der Waals surface area contributed by atoms with Gasteiger partial charge in [0.05, 0.1) is 6.10 Å². The van der Waals surface area contributed by atoms with Crippen LogP contribution in [0.15, 0.2) is 30.5 Å². The number of carbonyl (C=O) groups is 1. The first-order valence-electron chi connectivity index (χ1n) is 10.8. The lowest BCUT2D eigenvalue weighted by atomic mass is 9.65. The number of hydrogen-bond donors (Lipinski definition) is 0. The third kappa shape index (κ3) is 3.16. The molecule has 1 aliphatic carbocycles. The monoisotopic (exact) mass is 380 g/mol. The first-order valence-corrected chi connectivity index (χ1v) is 10.8. The second-order valence-corrected chi connectivity index (χ2v) is 10.5. The predicted octanol–water partition coefficient (Wildman–Crippen LogP) is 4.86. The minimum atomic E-state index is 0.209. The summed E-state index contributed by atoms with van der Waals surface area (Å²) in [5.74, 6) is 0.209. The molecule has 150 valence electrons. The van der Waals surface area contributed by atoms with E-state index in [1.54, 1.807) is 0 Å². The summed E-state index contributed by atoms with van der Waals surface area (Å²) in [7, 11) is 0. The van der Waals surface area contributed by atoms with Gasteiger partial charge in [0.1, 0.15) is 0 Å². The lowest BCUT2D eigenvalue weighted by Crippen LogP contribution is -2.37. The van der Waals surface area contributed by atoms with Gasteiger partial charge >= 0.3 is 0 Å². The van der Waals surface area contributed by atoms with Crippen molar-refractivity contribution >= 4 is 16.8 Å². The van der Waals surface area contributed by atoms with Crippen molar-refractivity contribution in [3.63, 3.8) is 0 Å². The van der Waals surface area contributed by atoms with E-state index in [1.807, 2.05) is 6.07 Å². The lowest BCUT2D eigenvalue weighted by molar-refractivity contribution is 0.0708. The highest BCUT2D eigenvalue weighted by atomic mass is 16.5. The molecule has 2 saturated heterocycles. The number of nitrogens with zero attached hydrogens (tertiary/aromatic N) is 2. The quantitative estimate of drug-likeness (QED) is 0.762. The summed E-state index contributed by atoms with van der Waals surface area (Å²) in [6.07, 6.45) is 8.25. The Morgan fingerprint density at radius 1 is 1.21 bits per heavy atom. The van der Waals surface area contributed by atoms with Gasteiger partial charge in [-0.25, -0.2) is 0 Å². The predicted molar refractivity (Wildman–Crippen MR) is 111 cm³/mol. The maximum absolute atomic E-state index is 13.4. The standard InChI is InChI=1S/C24H32N2O2/c1-23(2)12-19-13-24(3,15-23)16-26(19)22(27)18-6-7-21-17(11-18)8-9-25(21)14-20-5-4-10-28-20/h6-9,11,19-20H,4-5,10,12-16H2,1-3H3. The van der Waals surface area contributed by atoms with E-state index in [0.717, 1.165) is 56.3 Å². The number of carbonyl (C=O) groups excluding carboxylic acids is 1. The van der Waals surface area contributed by atoms with Crippen LogP contribution in [0, 0.1) is 10.8 Å². The van der Waals surface area contributed by atoms with E-state index in [9.17, 15) is 4.79 Å². The van der Waals surface area contributed by atoms with Crippen LogP contribution >= 0.6 is 0 Å². The van der Waals surface area contributed by atoms with E-state index in [4.69, 9.17) is 4.74 Å². The highest BCUT2D eigenvalue weighted by Gasteiger charge is 2.51. The van der Waals surface area contributed by atoms with Crippen molar-refractivity contribution in [2.75, 3.05) is 13.2 Å². The molecule has 4 heteroatoms. The van der Waals surface area contributed by atoms with Crippen LogP contribution in [0.3, 0.4) is 0 Å². The summed E-state index contributed by atoms with van der Waals surface area (Å²) in [5.41, 5.74) is 2.63. The Balaban J connectivity index is 1.38. The largest absolute Gasteiger partial charge is 0.376 e. The fourth-order valence-electron chi connectivity index (χ4n) is 6.36. The molecular formula is C24H32N2O2. The summed E-state index contributed by atoms with van der Waals surface area (Å²) in [6, 6.07) is 8.74. The van der Waals surface area contributed by atoms with Gasteiger partial charge in [0, 0.05) is 48.4 Å². The van der Waals surface area contributed by atoms with E-state index in [0.29, 0.717) is 17.6 Å². The number of benzene rings is 1. The van der Waals surface area contributed by atoms with Crippen molar-refractivity contribution in [3.05, 3.63) is 36.0 Å². The molecular weight excluding hydrogens is 348 g/mol. The number of fused-ring (bicyclic) bond motifs is 3. The second kappa shape index (κ2) is 6.35. The summed E-state index contributed by atoms with van der Waals surface area (Å²) in [4.78, 5) is 15.5. The number of aromatic nitrogens is 1. The summed E-state index contributed by atoms with van der Waals surface area (Å²) < 4.78 is 8.06. The molecule has 3 unspecified atom stereocenters. The van der Waals surface area contributed by atoms with E-state index >= 15 is 0 Å². The van der Waals surface area contributed by atoms with E-state index in [1.165, 1.54) is 11.9 Å². The molecule has 0 spiro atoms. The summed E-state index contributed by atoms with van der Waals surface area (Å²) in [6.45, 7) is 9.76. The number of hydrogen-bond acceptors (Lipinski definition) is 2. The van der Waals surface area contributed by atoms with Crippen LogP contribution in [0.1, 0.15) is 63.2 Å². The molecule has 3 heterocycles. The molecule has 2 aromatic rings. The van der Waals surface area contributed by atoms with E-state index in [2.05, 4.69) is 54.6 Å². The topological polar surface area (TPSA) is 34.5 Å². The lowest BCUT2D eigenvalue weighted by Gasteiger charge is -2.39. The van der Waals surface area contributed by atoms with Gasteiger partial charge in [0.25, 0.3) is 5.91 Å². The maximum atomic E-state index is 13.4. The summed E-state index contributed by atoms with van der Waals surface area (Å²) >= 11 is 0. The molecule has 1 amide bonds. The van der Waals surface area contributed by atoms with Crippen LogP contribution in [-0.2, 0) is 11.3 Å². The van der Waals surface area contributed by atoms with Crippen LogP contribution in [0.4, 0.5) is 0 Å². The molecule has 1 aromatic carbocycles. The van der Waals surface area contributed by atoms with Gasteiger partial charge in [-0.05, 0) is 67.2 Å². The van der Waals surface area contributed by atoms with Crippen molar-refractivity contribution in [2.24, 2.45) is 10.8 Å². The molecule has 3 atom stereocenters. The van der Waals surface area contributed by atoms with Crippen LogP contribution < -0.4 is 0 Å². The molecule has 3 aliphatic rings. The molecule has 2 bridgehead atoms. The number of rotatable bonds is 3. The molecule has 28 heavy (non-hydrogen) atoms. The molecule has 0 N–H and O–H groups in total. The zero-order valence-electron chi connectivity index (χ0n) is 17.4. The molecule has 4 nitrogen and oxygen atoms in total. The Bertz CT molecular complexity index is 908. The highest BCUT2D eigenvalue weighted by Crippen LogP contribution is 2.52. The van der Waals surface area contributed by atoms with Gasteiger partial charge in [-0.1, -0.05) is 20.8 Å². The fraction of sp³-hybridized carbons (Fsp3) is 0.625. The van der Waals surface area contributed by atoms with Crippen molar-refractivity contribution in [1.29, 1.82) is 0 Å². The van der Waals surface area contributed by atoms with Crippen molar-refractivity contribution in [3.8, 4) is 0 Å². The van der Waals surface area contributed by atoms with Gasteiger partial charge in [-0.15, -0.1) is 0 Å². The smallest absolute Gasteiger partial charge is 0.254 e. The van der Waals surface area contributed by atoms with E-state index < -0.39 is 0 Å². The third-order valence-corrected chi connectivity index (χ3v) is 7.12. The Labute approximate surface area is 167 Å². The first kappa shape index (κ1) is 18.2. The minimum absolute atomic E-state index is 0.209. The van der Waals surface area contributed by atoms with Gasteiger partial charge in [0.15, 0.2) is 0 Å². The first-order chi connectivity index (χ1) is 13.3. The van der Waals surface area contributed by atoms with E-state index in [-0.39, 0.29) is 11.3 Å². The third-order valence-electron chi connectivity index (χ3n) is 7.12. The Morgan fingerprint density at radius 2 is 2.07 bits per heavy atom. The average molecular weight is 381 g/mol. The van der Waals surface area contributed by atoms with Gasteiger partial charge in [0.2, 0.25) is 0 Å². The van der Waals surface area contributed by atoms with Crippen LogP contribution in [0.2, 0.25) is 0 Å². The van der Waals surface area contributed by atoms with Crippen LogP contribution in [-0.4, -0.2) is 40.7 Å². The van der Waals surface area contributed by atoms with Crippen molar-refractivity contribution < 1.29 is 9.53 Å². The van der Waals surface area contributed by atoms with Crippen LogP contribution in [0.5, 0.6) is 0 Å². The molecule has 1 saturated carbocycles. The fourth-order valence-corrected chi connectivity index (χ4v) is 6.36. The molecule has 1 aromatic heterocycles. The van der Waals surface area contributed by atoms with Gasteiger partial charge < -0.3 is 14.2 Å². The van der Waals surface area contributed by atoms with Crippen LogP contribution in [0.25, 0.3) is 10.9 Å². The molecule has 2 aliphatic heterocycles. The second-order valence-electron chi connectivity index (χ2n) is 10.5. The number of amides is 1. The number of likely N-dealkylation sites (tertiary alicyclic amines) is 1. The molecule has 5 rings (SSSR count). The highest BCUT2D eigenvalue weighted by molar-refractivity contribution is 5.98. The summed E-state index contributed by atoms with van der Waals surface area (Å²) in [5, 5.41) is 1.15. The SMILES string of the molecule is CC1(C)CC2CC(C)(CN2C(=O)c2ccc3c(ccn3CC3CCCO3)c2)C1. The molecule has 0 radical (unpaired) electrons. The Morgan fingerprint density at radius 3 is 2.86 bits per heavy atom. The maximum Gasteiger partial charge on any atom is 0.254 e. The Kier molecular flexibility index (Phi) is 4.13. The minimum Gasteiger partial charge on any atom is -0.376 e. The van der Waals surface area contributed by atoms with Crippen molar-refractivity contribution in [2.45, 2.75) is 71.6 Å². The Hall–Kier alpha value is -1.81. The normalized spacial score (nSPS) is 31.6. The average Bonchev–Trinajstić information content (AvgIpc) is 3.32. The number of ether oxygens (including phenoxy) is 1. The van der Waals surface area contributed by atoms with Crippen molar-refractivity contribution in [1.82, 2.24) is 9.47 Å². The molecule has 3 fully saturated rings. The zero-order chi connectivity index (χ0) is 19.5. The zero-order valence-corrected chi connectivity index (χ0v) is 17.4. The van der Waals surface area contributed by atoms with Gasteiger partial charge in [-0.3, -0.25) is 4.79 Å².